The average molecular weight is 234 g/mol. The van der Waals surface area contributed by atoms with Gasteiger partial charge in [0.1, 0.15) is 12.5 Å². The third kappa shape index (κ3) is 2.12. The maximum atomic E-state index is 4.29. The van der Waals surface area contributed by atoms with Crippen molar-refractivity contribution in [2.45, 2.75) is 39.3 Å². The molecular weight excluding hydrogens is 218 g/mol. The molecule has 4 heteroatoms. The highest BCUT2D eigenvalue weighted by Crippen LogP contribution is 2.20. The summed E-state index contributed by atoms with van der Waals surface area (Å²) in [5, 5.41) is 6.43. The quantitative estimate of drug-likeness (QED) is 0.695. The molecule has 1 rings (SSSR count). The van der Waals surface area contributed by atoms with Crippen molar-refractivity contribution in [2.75, 3.05) is 6.54 Å². The first-order chi connectivity index (χ1) is 5.79. The molecule has 0 bridgehead atoms. The van der Waals surface area contributed by atoms with Crippen LogP contribution in [0.1, 0.15) is 33.1 Å². The molecule has 0 aromatic carbocycles. The molecule has 1 atom stereocenters. The summed E-state index contributed by atoms with van der Waals surface area (Å²) < 4.78 is 2.01. The van der Waals surface area contributed by atoms with Gasteiger partial charge < -0.3 is 0 Å². The van der Waals surface area contributed by atoms with E-state index in [9.17, 15) is 0 Å². The van der Waals surface area contributed by atoms with Gasteiger partial charge in [-0.1, -0.05) is 20.3 Å². The fourth-order valence-electron chi connectivity index (χ4n) is 1.36. The minimum absolute atomic E-state index is 0.426. The molecule has 1 aliphatic heterocycles. The van der Waals surface area contributed by atoms with Crippen molar-refractivity contribution >= 4 is 22.5 Å². The zero-order valence-electron chi connectivity index (χ0n) is 7.70. The van der Waals surface area contributed by atoms with E-state index in [1.807, 2.05) is 10.3 Å². The topological polar surface area (TPSA) is 18.8 Å². The van der Waals surface area contributed by atoms with E-state index in [-0.39, 0.29) is 0 Å². The van der Waals surface area contributed by atoms with Crippen LogP contribution in [0.3, 0.4) is 0 Å². The maximum Gasteiger partial charge on any atom is 0.129 e. The number of rotatable bonds is 4. The molecule has 0 aromatic rings. The molecule has 0 aromatic heterocycles. The molecule has 0 radical (unpaired) electrons. The molecule has 0 N–H and O–H groups in total. The largest absolute Gasteiger partial charge is 0.274 e. The Morgan fingerprint density at radius 1 is 1.42 bits per heavy atom. The Kier molecular flexibility index (Phi) is 3.85. The molecule has 0 fully saturated rings. The van der Waals surface area contributed by atoms with Crippen molar-refractivity contribution in [3.05, 3.63) is 0 Å². The summed E-state index contributed by atoms with van der Waals surface area (Å²) in [5.41, 5.74) is 0. The van der Waals surface area contributed by atoms with E-state index in [2.05, 4.69) is 40.1 Å². The van der Waals surface area contributed by atoms with Crippen LogP contribution in [0.4, 0.5) is 0 Å². The second kappa shape index (κ2) is 4.70. The Morgan fingerprint density at radius 2 is 2.17 bits per heavy atom. The van der Waals surface area contributed by atoms with E-state index < -0.39 is 0 Å². The van der Waals surface area contributed by atoms with E-state index in [1.165, 1.54) is 6.42 Å². The van der Waals surface area contributed by atoms with Crippen molar-refractivity contribution in [2.24, 2.45) is 5.10 Å². The smallest absolute Gasteiger partial charge is 0.129 e. The number of halogens is 1. The molecule has 3 nitrogen and oxygen atoms in total. The van der Waals surface area contributed by atoms with Crippen LogP contribution in [0.2, 0.25) is 0 Å². The predicted octanol–water partition coefficient (Wildman–Crippen LogP) is 2.39. The van der Waals surface area contributed by atoms with Gasteiger partial charge >= 0.3 is 0 Å². The lowest BCUT2D eigenvalue weighted by Gasteiger charge is -2.25. The highest BCUT2D eigenvalue weighted by molar-refractivity contribution is 9.07. The van der Waals surface area contributed by atoms with Crippen LogP contribution in [0.25, 0.3) is 0 Å². The van der Waals surface area contributed by atoms with Gasteiger partial charge in [-0.25, -0.2) is 0 Å². The average Bonchev–Trinajstić information content (AvgIpc) is 2.37. The van der Waals surface area contributed by atoms with Crippen LogP contribution in [0, 0.1) is 0 Å². The monoisotopic (exact) mass is 233 g/mol. The van der Waals surface area contributed by atoms with Crippen molar-refractivity contribution in [1.29, 1.82) is 0 Å². The Hall–Kier alpha value is -0.250. The normalized spacial score (nSPS) is 22.4. The third-order valence-electron chi connectivity index (χ3n) is 1.94. The number of hydrogen-bond donors (Lipinski definition) is 0. The lowest BCUT2D eigenvalue weighted by molar-refractivity contribution is 0.171. The predicted molar refractivity (Wildman–Crippen MR) is 55.0 cm³/mol. The van der Waals surface area contributed by atoms with Crippen molar-refractivity contribution < 1.29 is 0 Å². The molecule has 70 valence electrons. The van der Waals surface area contributed by atoms with Gasteiger partial charge in [-0.3, -0.25) is 8.93 Å². The Labute approximate surface area is 82.8 Å². The molecule has 0 aliphatic carbocycles. The lowest BCUT2D eigenvalue weighted by atomic mass is 10.2. The summed E-state index contributed by atoms with van der Waals surface area (Å²) in [5.74, 6) is 0. The van der Waals surface area contributed by atoms with Crippen LogP contribution in [0.15, 0.2) is 5.10 Å². The first-order valence-electron chi connectivity index (χ1n) is 4.54. The van der Waals surface area contributed by atoms with Gasteiger partial charge in [-0.05, 0) is 12.8 Å². The minimum atomic E-state index is 0.426. The fourth-order valence-corrected chi connectivity index (χ4v) is 1.86. The summed E-state index contributed by atoms with van der Waals surface area (Å²) in [6.07, 6.45) is 5.77. The second-order valence-electron chi connectivity index (χ2n) is 3.01. The molecule has 0 saturated heterocycles. The molecule has 1 heterocycles. The molecule has 12 heavy (non-hydrogen) atoms. The van der Waals surface area contributed by atoms with Gasteiger partial charge in [0.05, 0.1) is 16.1 Å². The van der Waals surface area contributed by atoms with Crippen LogP contribution < -0.4 is 0 Å². The second-order valence-corrected chi connectivity index (χ2v) is 3.83. The molecule has 0 amide bonds. The van der Waals surface area contributed by atoms with Gasteiger partial charge in [-0.2, -0.15) is 5.10 Å². The van der Waals surface area contributed by atoms with Crippen LogP contribution in [-0.2, 0) is 0 Å². The van der Waals surface area contributed by atoms with Crippen LogP contribution >= 0.6 is 16.1 Å². The summed E-state index contributed by atoms with van der Waals surface area (Å²) in [6.45, 7) is 5.42. The Bertz CT molecular complexity index is 160. The summed E-state index contributed by atoms with van der Waals surface area (Å²) in [7, 11) is 0. The van der Waals surface area contributed by atoms with Gasteiger partial charge in [0.15, 0.2) is 0 Å². The first kappa shape index (κ1) is 9.84. The van der Waals surface area contributed by atoms with Crippen molar-refractivity contribution in [3.8, 4) is 0 Å². The van der Waals surface area contributed by atoms with Crippen molar-refractivity contribution in [3.63, 3.8) is 0 Å². The van der Waals surface area contributed by atoms with Crippen LogP contribution in [0.5, 0.6) is 0 Å². The zero-order chi connectivity index (χ0) is 8.97. The van der Waals surface area contributed by atoms with Gasteiger partial charge in [-0.15, -0.1) is 0 Å². The van der Waals surface area contributed by atoms with E-state index in [0.717, 1.165) is 19.4 Å². The van der Waals surface area contributed by atoms with E-state index >= 15 is 0 Å². The van der Waals surface area contributed by atoms with E-state index in [4.69, 9.17) is 0 Å². The molecule has 1 unspecified atom stereocenters. The van der Waals surface area contributed by atoms with Gasteiger partial charge in [0.25, 0.3) is 0 Å². The van der Waals surface area contributed by atoms with E-state index in [0.29, 0.717) is 6.17 Å². The maximum absolute atomic E-state index is 4.29. The highest BCUT2D eigenvalue weighted by atomic mass is 79.9. The van der Waals surface area contributed by atoms with Gasteiger partial charge in [0, 0.05) is 6.54 Å². The van der Waals surface area contributed by atoms with Gasteiger partial charge in [0.2, 0.25) is 0 Å². The summed E-state index contributed by atoms with van der Waals surface area (Å²) in [4.78, 5) is 0. The fraction of sp³-hybridized carbons (Fsp3) is 0.875. The molecule has 0 saturated carbocycles. The Balaban J connectivity index is 2.44. The third-order valence-corrected chi connectivity index (χ3v) is 2.59. The van der Waals surface area contributed by atoms with E-state index in [1.54, 1.807) is 0 Å². The van der Waals surface area contributed by atoms with Crippen LogP contribution in [-0.4, -0.2) is 28.0 Å². The Morgan fingerprint density at radius 3 is 2.75 bits per heavy atom. The minimum Gasteiger partial charge on any atom is -0.274 e. The first-order valence-corrected chi connectivity index (χ1v) is 5.25. The highest BCUT2D eigenvalue weighted by Gasteiger charge is 2.24. The molecule has 0 spiro atoms. The summed E-state index contributed by atoms with van der Waals surface area (Å²) in [6, 6.07) is 0. The van der Waals surface area contributed by atoms with Crippen molar-refractivity contribution in [1.82, 2.24) is 8.93 Å². The number of hydrazone groups is 1. The molecular formula is C8H16BrN3. The zero-order valence-corrected chi connectivity index (χ0v) is 9.29. The number of hydrogen-bond acceptors (Lipinski definition) is 3. The SMILES string of the molecule is CCCC1N(Br)C=NN1CCC. The standard InChI is InChI=1S/C8H16BrN3/c1-3-5-8-11(9)7-10-12(8)6-4-2/h7-8H,3-6H2,1-2H3. The summed E-state index contributed by atoms with van der Waals surface area (Å²) >= 11 is 3.46. The lowest BCUT2D eigenvalue weighted by Crippen LogP contribution is -2.34. The molecule has 1 aliphatic rings. The number of nitrogens with zero attached hydrogens (tertiary/aromatic N) is 3.